The Morgan fingerprint density at radius 3 is 2.08 bits per heavy atom. The number of methoxy groups -OCH3 is 2. The molecular formula is C30H37N3O6S. The van der Waals surface area contributed by atoms with Crippen molar-refractivity contribution in [3.63, 3.8) is 0 Å². The van der Waals surface area contributed by atoms with Gasteiger partial charge in [0.05, 0.1) is 24.8 Å². The highest BCUT2D eigenvalue weighted by atomic mass is 32.2. The SMILES string of the molecule is COc1ccc(OC)c(N(CC(=O)N(CCc2ccccc2)[C@H](C)C(=O)NC(C)C)S(=O)(=O)c2ccccc2)c1. The van der Waals surface area contributed by atoms with Crippen molar-refractivity contribution < 1.29 is 27.5 Å². The fraction of sp³-hybridized carbons (Fsp3) is 0.333. The van der Waals surface area contributed by atoms with E-state index >= 15 is 0 Å². The Balaban J connectivity index is 2.06. The predicted molar refractivity (Wildman–Crippen MR) is 155 cm³/mol. The molecule has 214 valence electrons. The third-order valence-corrected chi connectivity index (χ3v) is 8.12. The Labute approximate surface area is 236 Å². The topological polar surface area (TPSA) is 105 Å². The van der Waals surface area contributed by atoms with Gasteiger partial charge in [0, 0.05) is 18.7 Å². The second-order valence-electron chi connectivity index (χ2n) is 9.52. The van der Waals surface area contributed by atoms with Crippen LogP contribution in [-0.2, 0) is 26.0 Å². The average molecular weight is 568 g/mol. The molecule has 2 amide bonds. The number of amides is 2. The molecule has 0 unspecified atom stereocenters. The van der Waals surface area contributed by atoms with Crippen molar-refractivity contribution in [2.24, 2.45) is 0 Å². The molecule has 0 aliphatic rings. The van der Waals surface area contributed by atoms with Crippen LogP contribution in [0.5, 0.6) is 11.5 Å². The summed E-state index contributed by atoms with van der Waals surface area (Å²) < 4.78 is 39.8. The predicted octanol–water partition coefficient (Wildman–Crippen LogP) is 3.88. The van der Waals surface area contributed by atoms with E-state index in [0.717, 1.165) is 9.87 Å². The minimum Gasteiger partial charge on any atom is -0.497 e. The smallest absolute Gasteiger partial charge is 0.264 e. The summed E-state index contributed by atoms with van der Waals surface area (Å²) >= 11 is 0. The average Bonchev–Trinajstić information content (AvgIpc) is 2.96. The fourth-order valence-corrected chi connectivity index (χ4v) is 5.64. The van der Waals surface area contributed by atoms with Gasteiger partial charge in [-0.15, -0.1) is 0 Å². The van der Waals surface area contributed by atoms with Gasteiger partial charge in [0.25, 0.3) is 10.0 Å². The second kappa shape index (κ2) is 13.8. The lowest BCUT2D eigenvalue weighted by atomic mass is 10.1. The van der Waals surface area contributed by atoms with Crippen LogP contribution in [0.4, 0.5) is 5.69 Å². The summed E-state index contributed by atoms with van der Waals surface area (Å²) in [5.41, 5.74) is 1.13. The third-order valence-electron chi connectivity index (χ3n) is 6.35. The molecule has 0 fully saturated rings. The first kappa shape index (κ1) is 30.5. The van der Waals surface area contributed by atoms with E-state index in [1.807, 2.05) is 44.2 Å². The van der Waals surface area contributed by atoms with Gasteiger partial charge in [0.1, 0.15) is 24.1 Å². The molecular weight excluding hydrogens is 530 g/mol. The number of rotatable bonds is 13. The first-order valence-corrected chi connectivity index (χ1v) is 14.5. The van der Waals surface area contributed by atoms with E-state index in [4.69, 9.17) is 9.47 Å². The molecule has 1 atom stereocenters. The highest BCUT2D eigenvalue weighted by Gasteiger charge is 2.34. The molecule has 0 aliphatic carbocycles. The molecule has 0 saturated heterocycles. The number of ether oxygens (including phenoxy) is 2. The number of hydrogen-bond acceptors (Lipinski definition) is 6. The van der Waals surface area contributed by atoms with Crippen LogP contribution >= 0.6 is 0 Å². The van der Waals surface area contributed by atoms with Gasteiger partial charge < -0.3 is 19.7 Å². The number of carbonyl (C=O) groups excluding carboxylic acids is 2. The zero-order chi connectivity index (χ0) is 29.3. The van der Waals surface area contributed by atoms with E-state index in [0.29, 0.717) is 12.2 Å². The second-order valence-corrected chi connectivity index (χ2v) is 11.4. The minimum atomic E-state index is -4.22. The third kappa shape index (κ3) is 7.53. The summed E-state index contributed by atoms with van der Waals surface area (Å²) in [6, 6.07) is 21.2. The first-order valence-electron chi connectivity index (χ1n) is 13.0. The van der Waals surface area contributed by atoms with Gasteiger partial charge in [0.2, 0.25) is 11.8 Å². The quantitative estimate of drug-likeness (QED) is 0.336. The molecule has 0 radical (unpaired) electrons. The van der Waals surface area contributed by atoms with Crippen molar-refractivity contribution in [1.82, 2.24) is 10.2 Å². The fourth-order valence-electron chi connectivity index (χ4n) is 4.20. The zero-order valence-corrected chi connectivity index (χ0v) is 24.4. The van der Waals surface area contributed by atoms with E-state index < -0.39 is 28.5 Å². The number of sulfonamides is 1. The van der Waals surface area contributed by atoms with Crippen molar-refractivity contribution in [2.45, 2.75) is 44.2 Å². The lowest BCUT2D eigenvalue weighted by Gasteiger charge is -2.32. The van der Waals surface area contributed by atoms with Crippen molar-refractivity contribution in [3.05, 3.63) is 84.4 Å². The summed E-state index contributed by atoms with van der Waals surface area (Å²) in [5.74, 6) is -0.226. The van der Waals surface area contributed by atoms with Gasteiger partial charge in [-0.2, -0.15) is 0 Å². The lowest BCUT2D eigenvalue weighted by Crippen LogP contribution is -2.53. The van der Waals surface area contributed by atoms with E-state index in [1.165, 1.54) is 37.3 Å². The Bertz CT molecular complexity index is 1380. The molecule has 40 heavy (non-hydrogen) atoms. The summed E-state index contributed by atoms with van der Waals surface area (Å²) in [7, 11) is -1.34. The Hall–Kier alpha value is -4.05. The maximum Gasteiger partial charge on any atom is 0.264 e. The lowest BCUT2D eigenvalue weighted by molar-refractivity contribution is -0.139. The van der Waals surface area contributed by atoms with Crippen LogP contribution in [0, 0.1) is 0 Å². The van der Waals surface area contributed by atoms with Gasteiger partial charge in [-0.3, -0.25) is 13.9 Å². The van der Waals surface area contributed by atoms with Crippen LogP contribution in [0.1, 0.15) is 26.3 Å². The Morgan fingerprint density at radius 1 is 0.875 bits per heavy atom. The number of anilines is 1. The molecule has 0 aromatic heterocycles. The van der Waals surface area contributed by atoms with Crippen LogP contribution in [0.25, 0.3) is 0 Å². The first-order chi connectivity index (χ1) is 19.1. The van der Waals surface area contributed by atoms with Crippen LogP contribution in [0.15, 0.2) is 83.8 Å². The molecule has 3 aromatic rings. The van der Waals surface area contributed by atoms with Crippen LogP contribution < -0.4 is 19.1 Å². The van der Waals surface area contributed by atoms with Crippen LogP contribution in [-0.4, -0.2) is 64.5 Å². The molecule has 3 rings (SSSR count). The summed E-state index contributed by atoms with van der Waals surface area (Å²) in [4.78, 5) is 28.4. The summed E-state index contributed by atoms with van der Waals surface area (Å²) in [6.45, 7) is 4.97. The molecule has 1 N–H and O–H groups in total. The number of nitrogens with one attached hydrogen (secondary N) is 1. The number of carbonyl (C=O) groups is 2. The Kier molecular flexibility index (Phi) is 10.6. The highest BCUT2D eigenvalue weighted by molar-refractivity contribution is 7.92. The van der Waals surface area contributed by atoms with E-state index in [1.54, 1.807) is 37.3 Å². The molecule has 10 heteroatoms. The number of benzene rings is 3. The molecule has 0 bridgehead atoms. The zero-order valence-electron chi connectivity index (χ0n) is 23.5. The maximum absolute atomic E-state index is 14.0. The molecule has 0 heterocycles. The molecule has 0 aliphatic heterocycles. The molecule has 9 nitrogen and oxygen atoms in total. The van der Waals surface area contributed by atoms with E-state index in [-0.39, 0.29) is 34.8 Å². The van der Waals surface area contributed by atoms with E-state index in [9.17, 15) is 18.0 Å². The largest absolute Gasteiger partial charge is 0.497 e. The van der Waals surface area contributed by atoms with Crippen molar-refractivity contribution in [1.29, 1.82) is 0 Å². The normalized spacial score (nSPS) is 11.9. The van der Waals surface area contributed by atoms with Crippen molar-refractivity contribution >= 4 is 27.5 Å². The van der Waals surface area contributed by atoms with Gasteiger partial charge in [-0.25, -0.2) is 8.42 Å². The molecule has 0 saturated carbocycles. The van der Waals surface area contributed by atoms with Crippen LogP contribution in [0.2, 0.25) is 0 Å². The van der Waals surface area contributed by atoms with Crippen molar-refractivity contribution in [2.75, 3.05) is 31.6 Å². The molecule has 3 aromatic carbocycles. The minimum absolute atomic E-state index is 0.00843. The van der Waals surface area contributed by atoms with Gasteiger partial charge in [0.15, 0.2) is 0 Å². The summed E-state index contributed by atoms with van der Waals surface area (Å²) in [5, 5.41) is 2.85. The number of hydrogen-bond donors (Lipinski definition) is 1. The van der Waals surface area contributed by atoms with Gasteiger partial charge >= 0.3 is 0 Å². The Morgan fingerprint density at radius 2 is 1.50 bits per heavy atom. The maximum atomic E-state index is 14.0. The van der Waals surface area contributed by atoms with Crippen LogP contribution in [0.3, 0.4) is 0 Å². The van der Waals surface area contributed by atoms with E-state index in [2.05, 4.69) is 5.32 Å². The highest BCUT2D eigenvalue weighted by Crippen LogP contribution is 2.35. The van der Waals surface area contributed by atoms with Crippen molar-refractivity contribution in [3.8, 4) is 11.5 Å². The summed E-state index contributed by atoms with van der Waals surface area (Å²) in [6.07, 6.45) is 0.486. The monoisotopic (exact) mass is 567 g/mol. The number of nitrogens with zero attached hydrogens (tertiary/aromatic N) is 2. The molecule has 0 spiro atoms. The standard InChI is InChI=1S/C30H37N3O6S/c1-22(2)31-30(35)23(3)32(19-18-24-12-8-6-9-13-24)29(34)21-33(40(36,37)26-14-10-7-11-15-26)27-20-25(38-4)16-17-28(27)39-5/h6-17,20,22-23H,18-19,21H2,1-5H3,(H,31,35)/t23-/m1/s1. The van der Waals surface area contributed by atoms with Gasteiger partial charge in [-0.05, 0) is 57.0 Å². The van der Waals surface area contributed by atoms with Gasteiger partial charge in [-0.1, -0.05) is 48.5 Å².